The molecule has 18 nitrogen and oxygen atoms in total. The van der Waals surface area contributed by atoms with E-state index in [2.05, 4.69) is 28.1 Å². The van der Waals surface area contributed by atoms with Gasteiger partial charge in [0.05, 0.1) is 12.9 Å². The largest absolute Gasteiger partial charge is 0.492 e. The first-order valence-electron chi connectivity index (χ1n) is 8.42. The summed E-state index contributed by atoms with van der Waals surface area (Å²) >= 11 is 0. The lowest BCUT2D eigenvalue weighted by Gasteiger charge is -2.24. The van der Waals surface area contributed by atoms with Crippen molar-refractivity contribution < 1.29 is 65.8 Å². The van der Waals surface area contributed by atoms with E-state index < -0.39 is 60.1 Å². The number of nitrogen functional groups attached to an aromatic ring is 1. The van der Waals surface area contributed by atoms with Crippen molar-refractivity contribution in [2.24, 2.45) is 0 Å². The number of ether oxygens (including phenoxy) is 1. The smallest absolute Gasteiger partial charge is 0.490 e. The van der Waals surface area contributed by atoms with Crippen LogP contribution in [0.2, 0.25) is 0 Å². The molecule has 0 aromatic carbocycles. The molecule has 3 heterocycles. The highest BCUT2D eigenvalue weighted by atomic mass is 31.3. The van der Waals surface area contributed by atoms with Crippen molar-refractivity contribution in [2.45, 2.75) is 31.0 Å². The number of aliphatic hydroxyl groups excluding tert-OH is 1. The molecule has 1 aliphatic heterocycles. The number of phosphoric acid groups is 3. The molecule has 3 rings (SSSR count). The molecule has 22 heteroatoms. The third-order valence-corrected chi connectivity index (χ3v) is 8.01. The summed E-state index contributed by atoms with van der Waals surface area (Å²) in [6, 6.07) is 0. The lowest BCUT2D eigenvalue weighted by atomic mass is 9.98. The fourth-order valence-corrected chi connectivity index (χ4v) is 5.94. The SMILES string of the molecule is C[C@@]1(F)C(O)[C@@H](COP(=O)(O)OP(=O)(O)OP(=O)(O)O)O[C@H]1n1cnc2c(O)nc(N)nc21. The number of fused-ring (bicyclic) bond motifs is 1. The summed E-state index contributed by atoms with van der Waals surface area (Å²) < 4.78 is 66.9. The number of imidazole rings is 1. The maximum absolute atomic E-state index is 15.3. The molecule has 186 valence electrons. The van der Waals surface area contributed by atoms with Crippen molar-refractivity contribution in [3.05, 3.63) is 6.33 Å². The zero-order chi connectivity index (χ0) is 25.0. The van der Waals surface area contributed by atoms with Crippen LogP contribution >= 0.6 is 23.5 Å². The maximum Gasteiger partial charge on any atom is 0.490 e. The summed E-state index contributed by atoms with van der Waals surface area (Å²) in [6.45, 7) is -0.195. The number of anilines is 1. The average Bonchev–Trinajstić information content (AvgIpc) is 3.10. The Balaban J connectivity index is 1.77. The van der Waals surface area contributed by atoms with Crippen LogP contribution in [0, 0.1) is 0 Å². The monoisotopic (exact) mass is 539 g/mol. The number of aromatic nitrogens is 4. The number of halogens is 1. The Kier molecular flexibility index (Phi) is 6.76. The Morgan fingerprint density at radius 2 is 1.85 bits per heavy atom. The number of nitrogens with two attached hydrogens (primary N) is 1. The summed E-state index contributed by atoms with van der Waals surface area (Å²) in [5.41, 5.74) is 2.51. The molecule has 0 amide bonds. The summed E-state index contributed by atoms with van der Waals surface area (Å²) in [4.78, 5) is 46.8. The van der Waals surface area contributed by atoms with Gasteiger partial charge in [-0.3, -0.25) is 9.09 Å². The second-order valence-electron chi connectivity index (χ2n) is 6.74. The first-order valence-corrected chi connectivity index (χ1v) is 12.9. The molecule has 33 heavy (non-hydrogen) atoms. The molecule has 8 N–H and O–H groups in total. The number of hydrogen-bond donors (Lipinski definition) is 7. The van der Waals surface area contributed by atoms with Gasteiger partial charge in [0, 0.05) is 0 Å². The van der Waals surface area contributed by atoms with Crippen molar-refractivity contribution in [1.82, 2.24) is 19.5 Å². The summed E-state index contributed by atoms with van der Waals surface area (Å²) in [7, 11) is -16.9. The molecule has 0 spiro atoms. The van der Waals surface area contributed by atoms with Crippen LogP contribution < -0.4 is 5.73 Å². The van der Waals surface area contributed by atoms with Gasteiger partial charge in [0.1, 0.15) is 12.2 Å². The van der Waals surface area contributed by atoms with Crippen LogP contribution in [0.25, 0.3) is 11.2 Å². The van der Waals surface area contributed by atoms with Gasteiger partial charge in [0.15, 0.2) is 23.1 Å². The normalized spacial score (nSPS) is 29.7. The summed E-state index contributed by atoms with van der Waals surface area (Å²) in [5.74, 6) is -0.996. The molecule has 2 aromatic heterocycles. The molecule has 0 saturated carbocycles. The zero-order valence-corrected chi connectivity index (χ0v) is 18.8. The molecule has 1 aliphatic rings. The Labute approximate surface area is 182 Å². The number of phosphoric ester groups is 1. The van der Waals surface area contributed by atoms with Gasteiger partial charge in [-0.05, 0) is 6.92 Å². The van der Waals surface area contributed by atoms with Gasteiger partial charge in [-0.1, -0.05) is 0 Å². The number of hydrogen-bond acceptors (Lipinski definition) is 13. The fourth-order valence-electron chi connectivity index (χ4n) is 2.91. The molecule has 0 radical (unpaired) electrons. The van der Waals surface area contributed by atoms with Gasteiger partial charge < -0.3 is 40.3 Å². The zero-order valence-electron chi connectivity index (χ0n) is 16.1. The third kappa shape index (κ3) is 5.74. The minimum atomic E-state index is -5.77. The van der Waals surface area contributed by atoms with Crippen molar-refractivity contribution in [3.8, 4) is 5.88 Å². The molecule has 3 unspecified atom stereocenters. The molecule has 1 fully saturated rings. The quantitative estimate of drug-likeness (QED) is 0.207. The number of aliphatic hydroxyl groups is 1. The van der Waals surface area contributed by atoms with E-state index in [0.29, 0.717) is 0 Å². The Hall–Kier alpha value is -1.59. The molecular formula is C11H17FN5O13P3. The summed E-state index contributed by atoms with van der Waals surface area (Å²) in [6.07, 6.45) is -4.38. The van der Waals surface area contributed by atoms with E-state index in [1.54, 1.807) is 0 Å². The van der Waals surface area contributed by atoms with E-state index in [9.17, 15) is 28.8 Å². The molecule has 1 saturated heterocycles. The van der Waals surface area contributed by atoms with E-state index in [1.165, 1.54) is 0 Å². The molecule has 0 aliphatic carbocycles. The number of nitrogens with zero attached hydrogens (tertiary/aromatic N) is 4. The Bertz CT molecular complexity index is 1200. The van der Waals surface area contributed by atoms with Gasteiger partial charge in [0.2, 0.25) is 11.8 Å². The topological polar surface area (TPSA) is 279 Å². The Morgan fingerprint density at radius 3 is 2.45 bits per heavy atom. The third-order valence-electron chi connectivity index (χ3n) is 4.21. The first kappa shape index (κ1) is 26.0. The molecule has 6 atom stereocenters. The number of alkyl halides is 1. The maximum atomic E-state index is 15.3. The molecule has 2 aromatic rings. The van der Waals surface area contributed by atoms with Crippen LogP contribution in [0.1, 0.15) is 13.2 Å². The van der Waals surface area contributed by atoms with E-state index in [-0.39, 0.29) is 17.1 Å². The standard InChI is InChI=1S/C11H17FN5O13P3/c1-11(12)6(18)4(2-27-32(23,24)30-33(25,26)29-31(20,21)22)28-9(11)17-3-14-5-7(17)15-10(13)16-8(5)19/h3-4,6,9,18H,2H2,1H3,(H,23,24)(H,25,26)(H2,20,21,22)(H3,13,15,16,19)/t4-,6?,9-,11-/m1/s1. The van der Waals surface area contributed by atoms with E-state index in [1.807, 2.05) is 0 Å². The minimum Gasteiger partial charge on any atom is -0.492 e. The van der Waals surface area contributed by atoms with Gasteiger partial charge in [0.25, 0.3) is 0 Å². The van der Waals surface area contributed by atoms with Crippen LogP contribution in [0.3, 0.4) is 0 Å². The molecular weight excluding hydrogens is 522 g/mol. The van der Waals surface area contributed by atoms with Gasteiger partial charge in [-0.2, -0.15) is 18.6 Å². The van der Waals surface area contributed by atoms with Crippen molar-refractivity contribution >= 4 is 40.6 Å². The van der Waals surface area contributed by atoms with Crippen LogP contribution in [0.15, 0.2) is 6.33 Å². The lowest BCUT2D eigenvalue weighted by Crippen LogP contribution is -2.40. The van der Waals surface area contributed by atoms with Crippen molar-refractivity contribution in [1.29, 1.82) is 0 Å². The van der Waals surface area contributed by atoms with E-state index in [0.717, 1.165) is 17.8 Å². The first-order chi connectivity index (χ1) is 14.9. The minimum absolute atomic E-state index is 0.171. The van der Waals surface area contributed by atoms with Crippen LogP contribution in [-0.4, -0.2) is 73.8 Å². The average molecular weight is 539 g/mol. The van der Waals surface area contributed by atoms with Crippen LogP contribution in [0.4, 0.5) is 10.3 Å². The van der Waals surface area contributed by atoms with Gasteiger partial charge in [-0.25, -0.2) is 23.1 Å². The van der Waals surface area contributed by atoms with Gasteiger partial charge in [-0.15, -0.1) is 0 Å². The van der Waals surface area contributed by atoms with E-state index >= 15 is 4.39 Å². The fraction of sp³-hybridized carbons (Fsp3) is 0.545. The second-order valence-corrected chi connectivity index (χ2v) is 11.2. The van der Waals surface area contributed by atoms with Crippen LogP contribution in [0.5, 0.6) is 5.88 Å². The predicted octanol–water partition coefficient (Wildman–Crippen LogP) is -0.556. The summed E-state index contributed by atoms with van der Waals surface area (Å²) in [5, 5.41) is 20.1. The van der Waals surface area contributed by atoms with Crippen molar-refractivity contribution in [2.75, 3.05) is 12.3 Å². The second kappa shape index (κ2) is 8.57. The highest BCUT2D eigenvalue weighted by Gasteiger charge is 2.56. The Morgan fingerprint density at radius 1 is 1.21 bits per heavy atom. The number of aromatic hydroxyl groups is 1. The highest BCUT2D eigenvalue weighted by molar-refractivity contribution is 7.66. The van der Waals surface area contributed by atoms with Crippen molar-refractivity contribution in [3.63, 3.8) is 0 Å². The van der Waals surface area contributed by atoms with Crippen LogP contribution in [-0.2, 0) is 31.6 Å². The van der Waals surface area contributed by atoms with E-state index in [4.69, 9.17) is 25.2 Å². The van der Waals surface area contributed by atoms with Gasteiger partial charge >= 0.3 is 23.5 Å². The highest BCUT2D eigenvalue weighted by Crippen LogP contribution is 2.66. The number of rotatable bonds is 8. The molecule has 0 bridgehead atoms. The lowest BCUT2D eigenvalue weighted by molar-refractivity contribution is -0.0560. The predicted molar refractivity (Wildman–Crippen MR) is 101 cm³/mol.